The lowest BCUT2D eigenvalue weighted by atomic mass is 9.88. The number of pyridine rings is 1. The molecule has 2 aromatic heterocycles. The number of amides is 1. The number of nitrogens with zero attached hydrogens (tertiary/aromatic N) is 5. The molecule has 1 saturated carbocycles. The van der Waals surface area contributed by atoms with E-state index in [0.29, 0.717) is 24.0 Å². The van der Waals surface area contributed by atoms with Gasteiger partial charge in [-0.1, -0.05) is 39.2 Å². The van der Waals surface area contributed by atoms with Crippen molar-refractivity contribution < 1.29 is 9.18 Å². The minimum Gasteiger partial charge on any atom is -0.349 e. The number of carbonyl (C=O) groups is 1. The molecular weight excluding hydrogens is 455 g/mol. The minimum atomic E-state index is -0.485. The van der Waals surface area contributed by atoms with Crippen molar-refractivity contribution in [3.63, 3.8) is 0 Å². The third kappa shape index (κ3) is 5.34. The number of nitrogens with one attached hydrogen (secondary N) is 1. The molecule has 3 fully saturated rings. The molecule has 36 heavy (non-hydrogen) atoms. The summed E-state index contributed by atoms with van der Waals surface area (Å²) in [6.45, 7) is 7.38. The van der Waals surface area contributed by atoms with Gasteiger partial charge in [0.1, 0.15) is 11.6 Å². The second-order valence-corrected chi connectivity index (χ2v) is 11.5. The number of carbonyl (C=O) groups excluding carboxylic acids is 1. The molecule has 2 aromatic rings. The van der Waals surface area contributed by atoms with Crippen LogP contribution in [0.3, 0.4) is 0 Å². The fourth-order valence-corrected chi connectivity index (χ4v) is 6.90. The first-order chi connectivity index (χ1) is 17.4. The number of halogens is 1. The van der Waals surface area contributed by atoms with Crippen LogP contribution in [0.2, 0.25) is 0 Å². The first-order valence-corrected chi connectivity index (χ1v) is 14.0. The largest absolute Gasteiger partial charge is 0.349 e. The second-order valence-electron chi connectivity index (χ2n) is 11.5. The predicted octanol–water partition coefficient (Wildman–Crippen LogP) is 5.24. The molecule has 5 rings (SSSR count). The van der Waals surface area contributed by atoms with E-state index >= 15 is 0 Å². The normalized spacial score (nSPS) is 25.9. The van der Waals surface area contributed by atoms with Gasteiger partial charge >= 0.3 is 0 Å². The Balaban J connectivity index is 1.26. The van der Waals surface area contributed by atoms with Crippen molar-refractivity contribution in [1.82, 2.24) is 30.0 Å². The van der Waals surface area contributed by atoms with E-state index in [1.54, 1.807) is 12.3 Å². The van der Waals surface area contributed by atoms with Crippen LogP contribution in [-0.4, -0.2) is 49.2 Å². The van der Waals surface area contributed by atoms with Gasteiger partial charge in [0.15, 0.2) is 0 Å². The summed E-state index contributed by atoms with van der Waals surface area (Å²) in [6.07, 6.45) is 12.5. The third-order valence-electron chi connectivity index (χ3n) is 8.75. The molecule has 2 unspecified atom stereocenters. The van der Waals surface area contributed by atoms with E-state index in [1.165, 1.54) is 25.3 Å². The van der Waals surface area contributed by atoms with Gasteiger partial charge in [-0.05, 0) is 63.5 Å². The number of hydrogen-bond donors (Lipinski definition) is 1. The van der Waals surface area contributed by atoms with Crippen molar-refractivity contribution in [3.8, 4) is 0 Å². The highest BCUT2D eigenvalue weighted by Crippen LogP contribution is 2.42. The van der Waals surface area contributed by atoms with Gasteiger partial charge in [0.25, 0.3) is 0 Å². The highest BCUT2D eigenvalue weighted by Gasteiger charge is 2.42. The van der Waals surface area contributed by atoms with E-state index in [1.807, 2.05) is 0 Å². The highest BCUT2D eigenvalue weighted by molar-refractivity contribution is 5.79. The first-order valence-electron chi connectivity index (χ1n) is 14.0. The Morgan fingerprint density at radius 1 is 1.06 bits per heavy atom. The molecule has 3 aliphatic rings. The number of aryl methyl sites for hydroxylation is 1. The Kier molecular flexibility index (Phi) is 7.70. The van der Waals surface area contributed by atoms with Gasteiger partial charge < -0.3 is 9.88 Å². The summed E-state index contributed by atoms with van der Waals surface area (Å²) in [5, 5.41) is 12.2. The Labute approximate surface area is 214 Å². The zero-order chi connectivity index (χ0) is 25.2. The highest BCUT2D eigenvalue weighted by atomic mass is 19.1. The molecule has 8 heteroatoms. The Hall–Kier alpha value is -2.35. The molecule has 0 spiro atoms. The van der Waals surface area contributed by atoms with Crippen LogP contribution in [-0.2, 0) is 4.79 Å². The van der Waals surface area contributed by atoms with E-state index in [9.17, 15) is 9.18 Å². The van der Waals surface area contributed by atoms with Crippen LogP contribution in [0.5, 0.6) is 0 Å². The van der Waals surface area contributed by atoms with Crippen LogP contribution in [0.1, 0.15) is 113 Å². The maximum Gasteiger partial charge on any atom is 0.223 e. The number of hydrogen-bond acceptors (Lipinski definition) is 5. The van der Waals surface area contributed by atoms with Crippen LogP contribution in [0.4, 0.5) is 4.39 Å². The molecule has 7 nitrogen and oxygen atoms in total. The molecule has 2 bridgehead atoms. The van der Waals surface area contributed by atoms with Crippen LogP contribution >= 0.6 is 0 Å². The smallest absolute Gasteiger partial charge is 0.223 e. The van der Waals surface area contributed by atoms with Crippen molar-refractivity contribution in [2.45, 2.75) is 115 Å². The van der Waals surface area contributed by atoms with Crippen LogP contribution in [0.15, 0.2) is 18.3 Å². The van der Waals surface area contributed by atoms with E-state index < -0.39 is 5.95 Å². The van der Waals surface area contributed by atoms with Crippen LogP contribution < -0.4 is 5.32 Å². The average molecular weight is 497 g/mol. The van der Waals surface area contributed by atoms with Crippen molar-refractivity contribution in [2.75, 3.05) is 6.54 Å². The van der Waals surface area contributed by atoms with Gasteiger partial charge in [-0.15, -0.1) is 10.2 Å². The molecule has 0 aromatic carbocycles. The summed E-state index contributed by atoms with van der Waals surface area (Å²) in [6, 6.07) is 4.56. The van der Waals surface area contributed by atoms with Crippen molar-refractivity contribution >= 4 is 5.91 Å². The van der Waals surface area contributed by atoms with Crippen molar-refractivity contribution in [2.24, 2.45) is 5.92 Å². The summed E-state index contributed by atoms with van der Waals surface area (Å²) in [7, 11) is 0. The van der Waals surface area contributed by atoms with Crippen molar-refractivity contribution in [3.05, 3.63) is 41.5 Å². The van der Waals surface area contributed by atoms with Gasteiger partial charge in [-0.2, -0.15) is 4.39 Å². The Bertz CT molecular complexity index is 1020. The van der Waals surface area contributed by atoms with Gasteiger partial charge in [0.05, 0.1) is 6.04 Å². The molecule has 3 atom stereocenters. The number of piperidine rings is 1. The molecule has 1 N–H and O–H groups in total. The Morgan fingerprint density at radius 2 is 1.78 bits per heavy atom. The quantitative estimate of drug-likeness (QED) is 0.506. The summed E-state index contributed by atoms with van der Waals surface area (Å²) >= 11 is 0. The standard InChI is InChI=1S/C28H41FN6O/c1-18(2)27-33-32-19(3)35(27)24-15-22-10-11-23(16-24)34(22)14-13-25(21-9-12-26(29)30-17-21)31-28(36)20-7-5-4-6-8-20/h9,12,17-18,20,22-25H,4-8,10-11,13-16H2,1-3H3,(H,31,36)/t22?,23?,24?,25-/m0/s1. The summed E-state index contributed by atoms with van der Waals surface area (Å²) < 4.78 is 15.9. The van der Waals surface area contributed by atoms with Gasteiger partial charge in [0.2, 0.25) is 11.9 Å². The van der Waals surface area contributed by atoms with Gasteiger partial charge in [-0.3, -0.25) is 9.69 Å². The third-order valence-corrected chi connectivity index (χ3v) is 8.75. The van der Waals surface area contributed by atoms with E-state index in [-0.39, 0.29) is 17.9 Å². The lowest BCUT2D eigenvalue weighted by Crippen LogP contribution is -2.45. The average Bonchev–Trinajstić information content (AvgIpc) is 3.38. The van der Waals surface area contributed by atoms with Gasteiger partial charge in [0, 0.05) is 42.7 Å². The molecule has 2 aliphatic heterocycles. The topological polar surface area (TPSA) is 75.9 Å². The zero-order valence-corrected chi connectivity index (χ0v) is 22.0. The summed E-state index contributed by atoms with van der Waals surface area (Å²) in [4.78, 5) is 19.6. The molecular formula is C28H41FN6O. The molecule has 1 aliphatic carbocycles. The summed E-state index contributed by atoms with van der Waals surface area (Å²) in [5.41, 5.74) is 0.893. The molecule has 196 valence electrons. The monoisotopic (exact) mass is 496 g/mol. The Morgan fingerprint density at radius 3 is 2.42 bits per heavy atom. The van der Waals surface area contributed by atoms with E-state index in [2.05, 4.69) is 50.7 Å². The first kappa shape index (κ1) is 25.3. The molecule has 0 radical (unpaired) electrons. The van der Waals surface area contributed by atoms with Crippen LogP contribution in [0, 0.1) is 18.8 Å². The van der Waals surface area contributed by atoms with E-state index in [4.69, 9.17) is 0 Å². The lowest BCUT2D eigenvalue weighted by Gasteiger charge is -2.40. The number of rotatable bonds is 8. The maximum atomic E-state index is 13.5. The van der Waals surface area contributed by atoms with Gasteiger partial charge in [-0.25, -0.2) is 4.98 Å². The molecule has 4 heterocycles. The maximum absolute atomic E-state index is 13.5. The molecule has 1 amide bonds. The van der Waals surface area contributed by atoms with Crippen LogP contribution in [0.25, 0.3) is 0 Å². The summed E-state index contributed by atoms with van der Waals surface area (Å²) in [5.74, 6) is 2.24. The fraction of sp³-hybridized carbons (Fsp3) is 0.714. The van der Waals surface area contributed by atoms with E-state index in [0.717, 1.165) is 68.7 Å². The SMILES string of the molecule is Cc1nnc(C(C)C)n1C1CC2CCC(C1)N2CC[C@H](NC(=O)C1CCCCC1)c1ccc(F)nc1. The zero-order valence-electron chi connectivity index (χ0n) is 22.0. The van der Waals surface area contributed by atoms with Crippen molar-refractivity contribution in [1.29, 1.82) is 0 Å². The second kappa shape index (κ2) is 11.0. The number of fused-ring (bicyclic) bond motifs is 2. The fourth-order valence-electron chi connectivity index (χ4n) is 6.90. The predicted molar refractivity (Wildman–Crippen MR) is 137 cm³/mol. The lowest BCUT2D eigenvalue weighted by molar-refractivity contribution is -0.126. The minimum absolute atomic E-state index is 0.101. The number of aromatic nitrogens is 4. The molecule has 2 saturated heterocycles.